The standard InChI is InChI=1S/C21H23N5O2/c1-14-9-18(26-21(24-14)22-13-23-26)16-6-4-8-25(11-16)20(27)17-10-15-5-2-3-7-19(15)28-12-17/h2-3,5,7,9,13,16-17H,4,6,8,10-12H2,1H3/t16?,17-/m1/s1. The summed E-state index contributed by atoms with van der Waals surface area (Å²) in [5, 5.41) is 4.34. The van der Waals surface area contributed by atoms with Gasteiger partial charge in [-0.15, -0.1) is 0 Å². The Balaban J connectivity index is 1.36. The van der Waals surface area contributed by atoms with E-state index in [1.807, 2.05) is 34.5 Å². The predicted molar refractivity (Wildman–Crippen MR) is 103 cm³/mol. The largest absolute Gasteiger partial charge is 0.492 e. The lowest BCUT2D eigenvalue weighted by molar-refractivity contribution is -0.138. The lowest BCUT2D eigenvalue weighted by Crippen LogP contribution is -2.45. The number of amides is 1. The van der Waals surface area contributed by atoms with Gasteiger partial charge >= 0.3 is 0 Å². The Labute approximate surface area is 163 Å². The Kier molecular flexibility index (Phi) is 4.22. The van der Waals surface area contributed by atoms with Gasteiger partial charge in [0.25, 0.3) is 5.78 Å². The number of carbonyl (C=O) groups excluding carboxylic acids is 1. The number of hydrogen-bond donors (Lipinski definition) is 0. The second kappa shape index (κ2) is 6.89. The van der Waals surface area contributed by atoms with E-state index >= 15 is 0 Å². The maximum atomic E-state index is 13.2. The van der Waals surface area contributed by atoms with E-state index < -0.39 is 0 Å². The Morgan fingerprint density at radius 3 is 3.11 bits per heavy atom. The van der Waals surface area contributed by atoms with Gasteiger partial charge in [0.2, 0.25) is 5.91 Å². The van der Waals surface area contributed by atoms with Gasteiger partial charge in [0.1, 0.15) is 18.7 Å². The monoisotopic (exact) mass is 377 g/mol. The summed E-state index contributed by atoms with van der Waals surface area (Å²) in [6, 6.07) is 10.1. The van der Waals surface area contributed by atoms with Gasteiger partial charge in [-0.3, -0.25) is 4.79 Å². The van der Waals surface area contributed by atoms with E-state index in [2.05, 4.69) is 27.2 Å². The molecule has 1 aromatic carbocycles. The van der Waals surface area contributed by atoms with Gasteiger partial charge in [0.15, 0.2) is 0 Å². The first kappa shape index (κ1) is 17.2. The number of fused-ring (bicyclic) bond motifs is 2. The van der Waals surface area contributed by atoms with Gasteiger partial charge < -0.3 is 9.64 Å². The van der Waals surface area contributed by atoms with Crippen molar-refractivity contribution in [3.05, 3.63) is 53.6 Å². The van der Waals surface area contributed by atoms with Crippen LogP contribution in [-0.2, 0) is 11.2 Å². The summed E-state index contributed by atoms with van der Waals surface area (Å²) < 4.78 is 7.66. The highest BCUT2D eigenvalue weighted by atomic mass is 16.5. The van der Waals surface area contributed by atoms with Gasteiger partial charge in [-0.25, -0.2) is 9.50 Å². The molecule has 0 bridgehead atoms. The highest BCUT2D eigenvalue weighted by Crippen LogP contribution is 2.31. The van der Waals surface area contributed by atoms with Crippen molar-refractivity contribution < 1.29 is 9.53 Å². The van der Waals surface area contributed by atoms with Crippen molar-refractivity contribution in [2.75, 3.05) is 19.7 Å². The number of aryl methyl sites for hydroxylation is 1. The van der Waals surface area contributed by atoms with E-state index in [1.54, 1.807) is 0 Å². The molecule has 5 rings (SSSR count). The molecule has 0 aliphatic carbocycles. The first-order valence-corrected chi connectivity index (χ1v) is 9.86. The summed E-state index contributed by atoms with van der Waals surface area (Å²) in [4.78, 5) is 23.9. The molecule has 0 radical (unpaired) electrons. The van der Waals surface area contributed by atoms with Crippen molar-refractivity contribution in [1.29, 1.82) is 0 Å². The number of benzene rings is 1. The zero-order chi connectivity index (χ0) is 19.1. The van der Waals surface area contributed by atoms with Gasteiger partial charge in [-0.2, -0.15) is 10.1 Å². The van der Waals surface area contributed by atoms with Gasteiger partial charge in [-0.05, 0) is 43.9 Å². The van der Waals surface area contributed by atoms with Crippen molar-refractivity contribution in [2.45, 2.75) is 32.1 Å². The Morgan fingerprint density at radius 1 is 1.29 bits per heavy atom. The quantitative estimate of drug-likeness (QED) is 0.686. The van der Waals surface area contributed by atoms with Crippen molar-refractivity contribution in [3.8, 4) is 5.75 Å². The topological polar surface area (TPSA) is 72.6 Å². The molecule has 7 nitrogen and oxygen atoms in total. The normalized spacial score (nSPS) is 22.0. The summed E-state index contributed by atoms with van der Waals surface area (Å²) in [6.07, 6.45) is 4.30. The molecule has 28 heavy (non-hydrogen) atoms. The van der Waals surface area contributed by atoms with Crippen LogP contribution in [0.3, 0.4) is 0 Å². The second-order valence-electron chi connectivity index (χ2n) is 7.74. The highest BCUT2D eigenvalue weighted by Gasteiger charge is 2.33. The summed E-state index contributed by atoms with van der Waals surface area (Å²) in [6.45, 7) is 3.94. The average molecular weight is 377 g/mol. The number of ether oxygens (including phenoxy) is 1. The smallest absolute Gasteiger partial charge is 0.252 e. The number of aromatic nitrogens is 4. The van der Waals surface area contributed by atoms with Crippen LogP contribution in [-0.4, -0.2) is 50.1 Å². The summed E-state index contributed by atoms with van der Waals surface area (Å²) in [7, 11) is 0. The van der Waals surface area contributed by atoms with E-state index in [0.29, 0.717) is 18.9 Å². The molecular weight excluding hydrogens is 354 g/mol. The molecule has 1 unspecified atom stereocenters. The molecule has 2 aromatic heterocycles. The SMILES string of the molecule is Cc1cc(C2CCCN(C(=O)[C@H]3COc4ccccc4C3)C2)n2ncnc2n1. The molecule has 0 saturated carbocycles. The molecule has 2 aliphatic rings. The third-order valence-corrected chi connectivity index (χ3v) is 5.79. The van der Waals surface area contributed by atoms with Crippen LogP contribution in [0.15, 0.2) is 36.7 Å². The Bertz CT molecular complexity index is 1030. The van der Waals surface area contributed by atoms with Gasteiger partial charge in [0.05, 0.1) is 11.6 Å². The van der Waals surface area contributed by atoms with Crippen LogP contribution >= 0.6 is 0 Å². The number of rotatable bonds is 2. The molecule has 0 N–H and O–H groups in total. The molecule has 2 aliphatic heterocycles. The maximum Gasteiger partial charge on any atom is 0.252 e. The zero-order valence-corrected chi connectivity index (χ0v) is 15.9. The minimum atomic E-state index is -0.112. The average Bonchev–Trinajstić information content (AvgIpc) is 3.20. The van der Waals surface area contributed by atoms with Crippen LogP contribution in [0.5, 0.6) is 5.75 Å². The first-order valence-electron chi connectivity index (χ1n) is 9.86. The molecule has 4 heterocycles. The Morgan fingerprint density at radius 2 is 2.18 bits per heavy atom. The lowest BCUT2D eigenvalue weighted by atomic mass is 9.91. The first-order chi connectivity index (χ1) is 13.7. The van der Waals surface area contributed by atoms with Crippen LogP contribution in [0.25, 0.3) is 5.78 Å². The van der Waals surface area contributed by atoms with E-state index in [9.17, 15) is 4.79 Å². The molecule has 1 amide bonds. The molecule has 2 atom stereocenters. The molecular formula is C21H23N5O2. The number of nitrogens with zero attached hydrogens (tertiary/aromatic N) is 5. The van der Waals surface area contributed by atoms with E-state index in [0.717, 1.165) is 48.5 Å². The van der Waals surface area contributed by atoms with Gasteiger partial charge in [0, 0.05) is 24.7 Å². The predicted octanol–water partition coefficient (Wildman–Crippen LogP) is 2.39. The number of hydrogen-bond acceptors (Lipinski definition) is 5. The van der Waals surface area contributed by atoms with Crippen LogP contribution in [0.4, 0.5) is 0 Å². The van der Waals surface area contributed by atoms with Crippen LogP contribution in [0, 0.1) is 12.8 Å². The number of para-hydroxylation sites is 1. The molecule has 0 spiro atoms. The summed E-state index contributed by atoms with van der Waals surface area (Å²) in [5.74, 6) is 1.85. The number of likely N-dealkylation sites (tertiary alicyclic amines) is 1. The fourth-order valence-corrected chi connectivity index (χ4v) is 4.41. The van der Waals surface area contributed by atoms with Crippen LogP contribution < -0.4 is 4.74 Å². The highest BCUT2D eigenvalue weighted by molar-refractivity contribution is 5.80. The van der Waals surface area contributed by atoms with E-state index in [4.69, 9.17) is 4.74 Å². The summed E-state index contributed by atoms with van der Waals surface area (Å²) >= 11 is 0. The van der Waals surface area contributed by atoms with E-state index in [-0.39, 0.29) is 17.7 Å². The third-order valence-electron chi connectivity index (χ3n) is 5.79. The van der Waals surface area contributed by atoms with Crippen molar-refractivity contribution in [3.63, 3.8) is 0 Å². The van der Waals surface area contributed by atoms with Crippen molar-refractivity contribution >= 4 is 11.7 Å². The minimum Gasteiger partial charge on any atom is -0.492 e. The minimum absolute atomic E-state index is 0.112. The molecule has 3 aromatic rings. The molecule has 144 valence electrons. The van der Waals surface area contributed by atoms with Gasteiger partial charge in [-0.1, -0.05) is 18.2 Å². The fraction of sp³-hybridized carbons (Fsp3) is 0.429. The molecule has 1 saturated heterocycles. The number of carbonyl (C=O) groups is 1. The van der Waals surface area contributed by atoms with Crippen LogP contribution in [0.1, 0.15) is 35.7 Å². The second-order valence-corrected chi connectivity index (χ2v) is 7.74. The van der Waals surface area contributed by atoms with Crippen LogP contribution in [0.2, 0.25) is 0 Å². The van der Waals surface area contributed by atoms with E-state index in [1.165, 1.54) is 6.33 Å². The lowest BCUT2D eigenvalue weighted by Gasteiger charge is -2.36. The fourth-order valence-electron chi connectivity index (χ4n) is 4.41. The van der Waals surface area contributed by atoms with Crippen molar-refractivity contribution in [2.24, 2.45) is 5.92 Å². The third kappa shape index (κ3) is 3.00. The maximum absolute atomic E-state index is 13.2. The Hall–Kier alpha value is -2.96. The molecule has 7 heteroatoms. The number of piperidine rings is 1. The summed E-state index contributed by atoms with van der Waals surface area (Å²) in [5.41, 5.74) is 3.13. The zero-order valence-electron chi connectivity index (χ0n) is 15.9. The van der Waals surface area contributed by atoms with Crippen molar-refractivity contribution in [1.82, 2.24) is 24.5 Å². The molecule has 1 fully saturated rings.